The van der Waals surface area contributed by atoms with E-state index in [1.54, 1.807) is 4.90 Å². The fourth-order valence-electron chi connectivity index (χ4n) is 2.15. The van der Waals surface area contributed by atoms with Gasteiger partial charge in [-0.25, -0.2) is 4.79 Å². The van der Waals surface area contributed by atoms with Crippen molar-refractivity contribution in [1.82, 2.24) is 4.90 Å². The molecular formula is C18H20N2O. The fraction of sp³-hybridized carbons (Fsp3) is 0.222. The van der Waals surface area contributed by atoms with Crippen LogP contribution in [0.1, 0.15) is 25.0 Å². The van der Waals surface area contributed by atoms with Crippen LogP contribution in [0.15, 0.2) is 65.7 Å². The molecule has 0 atom stereocenters. The van der Waals surface area contributed by atoms with E-state index in [4.69, 9.17) is 0 Å². The van der Waals surface area contributed by atoms with E-state index in [1.165, 1.54) is 0 Å². The molecule has 2 amide bonds. The van der Waals surface area contributed by atoms with Crippen molar-refractivity contribution in [3.8, 4) is 0 Å². The molecule has 0 aromatic heterocycles. The standard InChI is InChI=1S/C18H20N2O/c1-3-20(4-2)18(21)19-17(15-11-7-5-8-12-15)16-13-9-6-10-14-16/h5-14H,3-4H2,1-2H3. The first-order chi connectivity index (χ1) is 10.3. The third kappa shape index (κ3) is 3.78. The van der Waals surface area contributed by atoms with Crippen LogP contribution in [-0.4, -0.2) is 29.7 Å². The molecule has 2 aromatic rings. The Morgan fingerprint density at radius 2 is 1.29 bits per heavy atom. The Bertz CT molecular complexity index is 560. The molecule has 21 heavy (non-hydrogen) atoms. The first-order valence-electron chi connectivity index (χ1n) is 7.24. The summed E-state index contributed by atoms with van der Waals surface area (Å²) in [6.07, 6.45) is 0. The minimum atomic E-state index is -0.192. The van der Waals surface area contributed by atoms with Gasteiger partial charge in [0.25, 0.3) is 0 Å². The predicted molar refractivity (Wildman–Crippen MR) is 86.8 cm³/mol. The molecule has 0 spiro atoms. The van der Waals surface area contributed by atoms with Gasteiger partial charge in [-0.2, -0.15) is 4.99 Å². The molecule has 3 heteroatoms. The van der Waals surface area contributed by atoms with E-state index in [0.717, 1.165) is 11.1 Å². The number of benzene rings is 2. The van der Waals surface area contributed by atoms with Crippen LogP contribution in [0.2, 0.25) is 0 Å². The molecule has 0 aliphatic heterocycles. The summed E-state index contributed by atoms with van der Waals surface area (Å²) in [5.41, 5.74) is 2.61. The third-order valence-corrected chi connectivity index (χ3v) is 3.34. The Labute approximate surface area is 125 Å². The lowest BCUT2D eigenvalue weighted by molar-refractivity contribution is 0.213. The second-order valence-electron chi connectivity index (χ2n) is 4.65. The first kappa shape index (κ1) is 15.0. The summed E-state index contributed by atoms with van der Waals surface area (Å²) in [6, 6.07) is 19.4. The molecule has 0 aliphatic rings. The van der Waals surface area contributed by atoms with E-state index in [-0.39, 0.29) is 6.03 Å². The van der Waals surface area contributed by atoms with Crippen LogP contribution in [0.3, 0.4) is 0 Å². The highest BCUT2D eigenvalue weighted by atomic mass is 16.2. The second kappa shape index (κ2) is 7.39. The van der Waals surface area contributed by atoms with E-state index in [0.29, 0.717) is 18.8 Å². The van der Waals surface area contributed by atoms with Gasteiger partial charge in [-0.1, -0.05) is 60.7 Å². The minimum absolute atomic E-state index is 0.192. The van der Waals surface area contributed by atoms with Gasteiger partial charge in [0.05, 0.1) is 5.71 Å². The van der Waals surface area contributed by atoms with Crippen LogP contribution in [-0.2, 0) is 0 Å². The highest BCUT2D eigenvalue weighted by Gasteiger charge is 2.12. The maximum Gasteiger partial charge on any atom is 0.344 e. The van der Waals surface area contributed by atoms with Gasteiger partial charge < -0.3 is 4.90 Å². The molecule has 108 valence electrons. The third-order valence-electron chi connectivity index (χ3n) is 3.34. The monoisotopic (exact) mass is 280 g/mol. The number of hydrogen-bond acceptors (Lipinski definition) is 1. The number of carbonyl (C=O) groups is 1. The highest BCUT2D eigenvalue weighted by Crippen LogP contribution is 2.12. The van der Waals surface area contributed by atoms with Crippen LogP contribution in [0.25, 0.3) is 0 Å². The van der Waals surface area contributed by atoms with E-state index < -0.39 is 0 Å². The van der Waals surface area contributed by atoms with Crippen LogP contribution >= 0.6 is 0 Å². The number of amides is 2. The van der Waals surface area contributed by atoms with E-state index >= 15 is 0 Å². The first-order valence-corrected chi connectivity index (χ1v) is 7.24. The van der Waals surface area contributed by atoms with Crippen molar-refractivity contribution in [3.63, 3.8) is 0 Å². The van der Waals surface area contributed by atoms with E-state index in [9.17, 15) is 4.79 Å². The Morgan fingerprint density at radius 3 is 1.67 bits per heavy atom. The van der Waals surface area contributed by atoms with Gasteiger partial charge in [0.15, 0.2) is 0 Å². The topological polar surface area (TPSA) is 32.7 Å². The molecule has 2 aromatic carbocycles. The van der Waals surface area contributed by atoms with E-state index in [2.05, 4.69) is 4.99 Å². The smallest absolute Gasteiger partial charge is 0.323 e. The normalized spacial score (nSPS) is 10.0. The van der Waals surface area contributed by atoms with E-state index in [1.807, 2.05) is 74.5 Å². The number of rotatable bonds is 4. The van der Waals surface area contributed by atoms with Crippen molar-refractivity contribution in [2.75, 3.05) is 13.1 Å². The summed E-state index contributed by atoms with van der Waals surface area (Å²) in [4.78, 5) is 18.4. The number of nitrogens with zero attached hydrogens (tertiary/aromatic N) is 2. The molecule has 2 rings (SSSR count). The molecule has 0 saturated heterocycles. The quantitative estimate of drug-likeness (QED) is 0.779. The van der Waals surface area contributed by atoms with Crippen LogP contribution < -0.4 is 0 Å². The molecule has 0 N–H and O–H groups in total. The average Bonchev–Trinajstić information content (AvgIpc) is 2.55. The SMILES string of the molecule is CCN(CC)C(=O)N=C(c1ccccc1)c1ccccc1. The summed E-state index contributed by atoms with van der Waals surface area (Å²) in [7, 11) is 0. The van der Waals surface area contributed by atoms with Crippen molar-refractivity contribution < 1.29 is 4.79 Å². The lowest BCUT2D eigenvalue weighted by Crippen LogP contribution is -2.28. The predicted octanol–water partition coefficient (Wildman–Crippen LogP) is 3.99. The molecule has 0 unspecified atom stereocenters. The average molecular weight is 280 g/mol. The second-order valence-corrected chi connectivity index (χ2v) is 4.65. The summed E-state index contributed by atoms with van der Waals surface area (Å²) >= 11 is 0. The molecule has 0 fully saturated rings. The summed E-state index contributed by atoms with van der Waals surface area (Å²) in [5.74, 6) is 0. The van der Waals surface area contributed by atoms with Gasteiger partial charge in [0, 0.05) is 24.2 Å². The zero-order chi connectivity index (χ0) is 15.1. The van der Waals surface area contributed by atoms with Gasteiger partial charge in [0.1, 0.15) is 0 Å². The van der Waals surface area contributed by atoms with Crippen molar-refractivity contribution in [2.24, 2.45) is 4.99 Å². The molecule has 0 heterocycles. The zero-order valence-electron chi connectivity index (χ0n) is 12.5. The summed E-state index contributed by atoms with van der Waals surface area (Å²) in [5, 5.41) is 0. The minimum Gasteiger partial charge on any atom is -0.323 e. The molecule has 0 aliphatic carbocycles. The molecule has 3 nitrogen and oxygen atoms in total. The van der Waals surface area contributed by atoms with Gasteiger partial charge in [-0.05, 0) is 13.8 Å². The maximum atomic E-state index is 12.3. The Hall–Kier alpha value is -2.42. The Morgan fingerprint density at radius 1 is 0.857 bits per heavy atom. The van der Waals surface area contributed by atoms with Crippen molar-refractivity contribution in [2.45, 2.75) is 13.8 Å². The van der Waals surface area contributed by atoms with Crippen LogP contribution in [0.5, 0.6) is 0 Å². The van der Waals surface area contributed by atoms with Gasteiger partial charge >= 0.3 is 6.03 Å². The lowest BCUT2D eigenvalue weighted by atomic mass is 10.0. The summed E-state index contributed by atoms with van der Waals surface area (Å²) in [6.45, 7) is 5.24. The van der Waals surface area contributed by atoms with Crippen molar-refractivity contribution in [3.05, 3.63) is 71.8 Å². The van der Waals surface area contributed by atoms with Crippen LogP contribution in [0, 0.1) is 0 Å². The zero-order valence-corrected chi connectivity index (χ0v) is 12.5. The number of aliphatic imine (C=N–C) groups is 1. The highest BCUT2D eigenvalue weighted by molar-refractivity contribution is 6.16. The number of carbonyl (C=O) groups excluding carboxylic acids is 1. The van der Waals surface area contributed by atoms with Gasteiger partial charge in [-0.3, -0.25) is 0 Å². The lowest BCUT2D eigenvalue weighted by Gasteiger charge is -2.16. The fourth-order valence-corrected chi connectivity index (χ4v) is 2.15. The maximum absolute atomic E-state index is 12.3. The van der Waals surface area contributed by atoms with Crippen molar-refractivity contribution in [1.29, 1.82) is 0 Å². The molecular weight excluding hydrogens is 260 g/mol. The summed E-state index contributed by atoms with van der Waals surface area (Å²) < 4.78 is 0. The van der Waals surface area contributed by atoms with Gasteiger partial charge in [-0.15, -0.1) is 0 Å². The molecule has 0 bridgehead atoms. The molecule has 0 saturated carbocycles. The number of hydrogen-bond donors (Lipinski definition) is 0. The number of urea groups is 1. The van der Waals surface area contributed by atoms with Crippen molar-refractivity contribution >= 4 is 11.7 Å². The van der Waals surface area contributed by atoms with Crippen LogP contribution in [0.4, 0.5) is 4.79 Å². The Kier molecular flexibility index (Phi) is 5.27. The Balaban J connectivity index is 2.45. The largest absolute Gasteiger partial charge is 0.344 e. The molecule has 0 radical (unpaired) electrons. The van der Waals surface area contributed by atoms with Gasteiger partial charge in [0.2, 0.25) is 0 Å².